The van der Waals surface area contributed by atoms with Gasteiger partial charge in [-0.25, -0.2) is 9.78 Å². The van der Waals surface area contributed by atoms with Crippen LogP contribution in [-0.4, -0.2) is 30.6 Å². The van der Waals surface area contributed by atoms with Crippen molar-refractivity contribution in [3.8, 4) is 5.75 Å². The number of carbonyl (C=O) groups is 2. The number of pyridine rings is 1. The Morgan fingerprint density at radius 3 is 2.55 bits per heavy atom. The molecule has 22 heavy (non-hydrogen) atoms. The van der Waals surface area contributed by atoms with Gasteiger partial charge in [0, 0.05) is 11.8 Å². The van der Waals surface area contributed by atoms with Crippen LogP contribution in [0.3, 0.4) is 0 Å². The first-order valence-corrected chi connectivity index (χ1v) is 6.73. The molecule has 0 aliphatic rings. The molecule has 1 heterocycles. The molecule has 0 fully saturated rings. The first-order valence-electron chi connectivity index (χ1n) is 6.73. The number of benzene rings is 1. The highest BCUT2D eigenvalue weighted by Gasteiger charge is 2.16. The van der Waals surface area contributed by atoms with Crippen LogP contribution in [-0.2, 0) is 4.74 Å². The molecule has 0 spiro atoms. The van der Waals surface area contributed by atoms with Gasteiger partial charge in [0.2, 0.25) is 0 Å². The van der Waals surface area contributed by atoms with Gasteiger partial charge >= 0.3 is 5.97 Å². The van der Waals surface area contributed by atoms with Crippen molar-refractivity contribution in [2.24, 2.45) is 0 Å². The molecule has 1 aromatic carbocycles. The highest BCUT2D eigenvalue weighted by molar-refractivity contribution is 6.07. The molecule has 0 aliphatic carbocycles. The van der Waals surface area contributed by atoms with Crippen LogP contribution in [0, 0.1) is 0 Å². The molecule has 0 atom stereocenters. The molecule has 0 aliphatic heterocycles. The summed E-state index contributed by atoms with van der Waals surface area (Å²) < 4.78 is 9.98. The topological polar surface area (TPSA) is 77.5 Å². The Morgan fingerprint density at radius 1 is 1.18 bits per heavy atom. The summed E-state index contributed by atoms with van der Waals surface area (Å²) in [6.07, 6.45) is 1.49. The van der Waals surface area contributed by atoms with Gasteiger partial charge in [0.05, 0.1) is 13.7 Å². The molecule has 1 aromatic heterocycles. The molecule has 114 valence electrons. The maximum absolute atomic E-state index is 12.2. The molecule has 0 saturated heterocycles. The minimum Gasteiger partial charge on any atom is -0.497 e. The number of ether oxygens (including phenoxy) is 2. The number of hydrogen-bond acceptors (Lipinski definition) is 5. The Balaban J connectivity index is 2.19. The second-order valence-electron chi connectivity index (χ2n) is 4.30. The van der Waals surface area contributed by atoms with Gasteiger partial charge in [-0.05, 0) is 43.3 Å². The van der Waals surface area contributed by atoms with Crippen LogP contribution < -0.4 is 10.1 Å². The molecule has 1 amide bonds. The predicted octanol–water partition coefficient (Wildman–Crippen LogP) is 2.52. The first kappa shape index (κ1) is 15.5. The van der Waals surface area contributed by atoms with E-state index in [0.717, 1.165) is 0 Å². The fourth-order valence-electron chi connectivity index (χ4n) is 1.80. The summed E-state index contributed by atoms with van der Waals surface area (Å²) in [4.78, 5) is 28.1. The zero-order valence-corrected chi connectivity index (χ0v) is 12.3. The summed E-state index contributed by atoms with van der Waals surface area (Å²) in [6, 6.07) is 9.77. The van der Waals surface area contributed by atoms with Gasteiger partial charge in [-0.3, -0.25) is 4.79 Å². The van der Waals surface area contributed by atoms with Crippen molar-refractivity contribution in [3.63, 3.8) is 0 Å². The van der Waals surface area contributed by atoms with Crippen molar-refractivity contribution >= 4 is 17.7 Å². The minimum absolute atomic E-state index is 0.168. The summed E-state index contributed by atoms with van der Waals surface area (Å²) in [6.45, 7) is 1.96. The quantitative estimate of drug-likeness (QED) is 0.858. The highest BCUT2D eigenvalue weighted by Crippen LogP contribution is 2.16. The van der Waals surface area contributed by atoms with E-state index < -0.39 is 5.97 Å². The maximum atomic E-state index is 12.2. The average Bonchev–Trinajstić information content (AvgIpc) is 2.55. The molecular weight excluding hydrogens is 284 g/mol. The minimum atomic E-state index is -0.527. The number of esters is 1. The average molecular weight is 300 g/mol. The number of aromatic nitrogens is 1. The third-order valence-corrected chi connectivity index (χ3v) is 2.89. The molecule has 0 unspecified atom stereocenters. The standard InChI is InChI=1S/C16H16N2O4/c1-3-22-16(20)13-5-4-10-17-14(13)18-15(19)11-6-8-12(21-2)9-7-11/h4-10H,3H2,1-2H3,(H,17,18,19). The van der Waals surface area contributed by atoms with E-state index in [1.165, 1.54) is 6.20 Å². The predicted molar refractivity (Wildman–Crippen MR) is 81.1 cm³/mol. The van der Waals surface area contributed by atoms with Crippen LogP contribution in [0.2, 0.25) is 0 Å². The van der Waals surface area contributed by atoms with E-state index in [1.807, 2.05) is 0 Å². The number of amides is 1. The number of anilines is 1. The molecular formula is C16H16N2O4. The lowest BCUT2D eigenvalue weighted by molar-refractivity contribution is 0.0527. The van der Waals surface area contributed by atoms with E-state index in [-0.39, 0.29) is 23.9 Å². The third kappa shape index (κ3) is 3.60. The van der Waals surface area contributed by atoms with Crippen molar-refractivity contribution < 1.29 is 19.1 Å². The molecule has 0 saturated carbocycles. The van der Waals surface area contributed by atoms with Gasteiger partial charge in [0.25, 0.3) is 5.91 Å². The van der Waals surface area contributed by atoms with Crippen molar-refractivity contribution in [3.05, 3.63) is 53.7 Å². The van der Waals surface area contributed by atoms with E-state index in [1.54, 1.807) is 50.4 Å². The molecule has 0 bridgehead atoms. The summed E-state index contributed by atoms with van der Waals surface area (Å²) in [5, 5.41) is 2.61. The van der Waals surface area contributed by atoms with Crippen LogP contribution >= 0.6 is 0 Å². The van der Waals surface area contributed by atoms with Crippen LogP contribution in [0.5, 0.6) is 5.75 Å². The lowest BCUT2D eigenvalue weighted by Gasteiger charge is -2.09. The number of nitrogens with one attached hydrogen (secondary N) is 1. The zero-order valence-electron chi connectivity index (χ0n) is 12.3. The van der Waals surface area contributed by atoms with Crippen LogP contribution in [0.4, 0.5) is 5.82 Å². The summed E-state index contributed by atoms with van der Waals surface area (Å²) in [7, 11) is 1.55. The Hall–Kier alpha value is -2.89. The van der Waals surface area contributed by atoms with Gasteiger partial charge in [-0.2, -0.15) is 0 Å². The Labute approximate surface area is 128 Å². The lowest BCUT2D eigenvalue weighted by Crippen LogP contribution is -2.17. The van der Waals surface area contributed by atoms with Crippen LogP contribution in [0.15, 0.2) is 42.6 Å². The van der Waals surface area contributed by atoms with Gasteiger partial charge in [0.15, 0.2) is 0 Å². The van der Waals surface area contributed by atoms with E-state index >= 15 is 0 Å². The Kier molecular flexibility index (Phi) is 5.08. The second-order valence-corrected chi connectivity index (χ2v) is 4.30. The third-order valence-electron chi connectivity index (χ3n) is 2.89. The fraction of sp³-hybridized carbons (Fsp3) is 0.188. The second kappa shape index (κ2) is 7.21. The molecule has 1 N–H and O–H groups in total. The molecule has 6 nitrogen and oxygen atoms in total. The Bertz CT molecular complexity index is 668. The summed E-state index contributed by atoms with van der Waals surface area (Å²) >= 11 is 0. The van der Waals surface area contributed by atoms with Crippen molar-refractivity contribution in [2.75, 3.05) is 19.0 Å². The number of carbonyl (C=O) groups excluding carboxylic acids is 2. The van der Waals surface area contributed by atoms with Crippen LogP contribution in [0.25, 0.3) is 0 Å². The van der Waals surface area contributed by atoms with Gasteiger partial charge in [-0.1, -0.05) is 0 Å². The molecule has 6 heteroatoms. The maximum Gasteiger partial charge on any atom is 0.341 e. The largest absolute Gasteiger partial charge is 0.497 e. The lowest BCUT2D eigenvalue weighted by atomic mass is 10.2. The van der Waals surface area contributed by atoms with E-state index in [0.29, 0.717) is 11.3 Å². The van der Waals surface area contributed by atoms with Gasteiger partial charge < -0.3 is 14.8 Å². The normalized spacial score (nSPS) is 9.91. The SMILES string of the molecule is CCOC(=O)c1cccnc1NC(=O)c1ccc(OC)cc1. The van der Waals surface area contributed by atoms with E-state index in [4.69, 9.17) is 9.47 Å². The highest BCUT2D eigenvalue weighted by atomic mass is 16.5. The summed E-state index contributed by atoms with van der Waals surface area (Å²) in [5.41, 5.74) is 0.646. The van der Waals surface area contributed by atoms with E-state index in [9.17, 15) is 9.59 Å². The van der Waals surface area contributed by atoms with E-state index in [2.05, 4.69) is 10.3 Å². The van der Waals surface area contributed by atoms with Gasteiger partial charge in [-0.15, -0.1) is 0 Å². The number of nitrogens with zero attached hydrogens (tertiary/aromatic N) is 1. The summed E-state index contributed by atoms with van der Waals surface area (Å²) in [5.74, 6) is -0.0732. The number of rotatable bonds is 5. The van der Waals surface area contributed by atoms with Gasteiger partial charge in [0.1, 0.15) is 17.1 Å². The van der Waals surface area contributed by atoms with Crippen molar-refractivity contribution in [1.82, 2.24) is 4.98 Å². The monoisotopic (exact) mass is 300 g/mol. The van der Waals surface area contributed by atoms with Crippen molar-refractivity contribution in [2.45, 2.75) is 6.92 Å². The molecule has 0 radical (unpaired) electrons. The zero-order chi connectivity index (χ0) is 15.9. The number of hydrogen-bond donors (Lipinski definition) is 1. The fourth-order valence-corrected chi connectivity index (χ4v) is 1.80. The van der Waals surface area contributed by atoms with Crippen LogP contribution in [0.1, 0.15) is 27.6 Å². The molecule has 2 rings (SSSR count). The number of methoxy groups -OCH3 is 1. The first-order chi connectivity index (χ1) is 10.7. The smallest absolute Gasteiger partial charge is 0.341 e. The van der Waals surface area contributed by atoms with Crippen molar-refractivity contribution in [1.29, 1.82) is 0 Å². The Morgan fingerprint density at radius 2 is 1.91 bits per heavy atom. The molecule has 2 aromatic rings.